The van der Waals surface area contributed by atoms with Crippen LogP contribution < -0.4 is 0 Å². The van der Waals surface area contributed by atoms with Gasteiger partial charge in [-0.2, -0.15) is 8.42 Å². The molecule has 1 aromatic rings. The van der Waals surface area contributed by atoms with Gasteiger partial charge in [-0.1, -0.05) is 56.2 Å². The van der Waals surface area contributed by atoms with E-state index in [1.165, 1.54) is 6.42 Å². The highest BCUT2D eigenvalue weighted by Gasteiger charge is 2.21. The molecule has 0 unspecified atom stereocenters. The fraction of sp³-hybridized carbons (Fsp3) is 0.467. The lowest BCUT2D eigenvalue weighted by molar-refractivity contribution is 0.162. The van der Waals surface area contributed by atoms with Gasteiger partial charge in [-0.25, -0.2) is 0 Å². The topological polar surface area (TPSA) is 43.4 Å². The van der Waals surface area contributed by atoms with Crippen LogP contribution in [0, 0.1) is 0 Å². The van der Waals surface area contributed by atoms with Gasteiger partial charge in [0, 0.05) is 0 Å². The molecule has 1 fully saturated rings. The Morgan fingerprint density at radius 3 is 2.37 bits per heavy atom. The molecular weight excluding hydrogens is 260 g/mol. The average Bonchev–Trinajstić information content (AvgIpc) is 2.39. The second kappa shape index (κ2) is 6.35. The highest BCUT2D eigenvalue weighted by molar-refractivity contribution is 7.85. The van der Waals surface area contributed by atoms with E-state index in [9.17, 15) is 8.42 Å². The van der Waals surface area contributed by atoms with Crippen molar-refractivity contribution in [3.63, 3.8) is 0 Å². The van der Waals surface area contributed by atoms with Crippen LogP contribution in [-0.4, -0.2) is 14.5 Å². The minimum absolute atomic E-state index is 0.0546. The summed E-state index contributed by atoms with van der Waals surface area (Å²) >= 11 is 0. The first-order chi connectivity index (χ1) is 9.09. The van der Waals surface area contributed by atoms with Gasteiger partial charge in [-0.05, 0) is 24.0 Å². The van der Waals surface area contributed by atoms with Crippen molar-refractivity contribution in [3.05, 3.63) is 42.0 Å². The van der Waals surface area contributed by atoms with Crippen LogP contribution in [0.3, 0.4) is 0 Å². The molecule has 0 radical (unpaired) electrons. The molecule has 1 aromatic carbocycles. The van der Waals surface area contributed by atoms with Crippen molar-refractivity contribution in [1.29, 1.82) is 0 Å². The highest BCUT2D eigenvalue weighted by atomic mass is 32.2. The second-order valence-electron chi connectivity index (χ2n) is 5.00. The van der Waals surface area contributed by atoms with Gasteiger partial charge < -0.3 is 0 Å². The van der Waals surface area contributed by atoms with Crippen LogP contribution in [-0.2, 0) is 20.1 Å². The van der Waals surface area contributed by atoms with Gasteiger partial charge in [0.25, 0.3) is 10.1 Å². The Labute approximate surface area is 115 Å². The molecule has 0 spiro atoms. The summed E-state index contributed by atoms with van der Waals surface area (Å²) in [5.74, 6) is -0.0546. The van der Waals surface area contributed by atoms with Gasteiger partial charge in [-0.15, -0.1) is 0 Å². The van der Waals surface area contributed by atoms with Crippen molar-refractivity contribution >= 4 is 16.2 Å². The Kier molecular flexibility index (Phi) is 4.77. The molecule has 0 amide bonds. The molecule has 0 N–H and O–H groups in total. The first-order valence-electron chi connectivity index (χ1n) is 6.71. The molecule has 0 aliphatic heterocycles. The summed E-state index contributed by atoms with van der Waals surface area (Å²) in [6.45, 7) is 3.67. The summed E-state index contributed by atoms with van der Waals surface area (Å²) in [5.41, 5.74) is 1.73. The van der Waals surface area contributed by atoms with E-state index in [2.05, 4.69) is 6.58 Å². The molecule has 19 heavy (non-hydrogen) atoms. The lowest BCUT2D eigenvalue weighted by atomic mass is 9.98. The van der Waals surface area contributed by atoms with E-state index in [1.807, 2.05) is 12.1 Å². The molecule has 0 bridgehead atoms. The molecule has 0 saturated heterocycles. The molecule has 1 saturated carbocycles. The third-order valence-corrected chi connectivity index (χ3v) is 4.65. The Morgan fingerprint density at radius 1 is 1.16 bits per heavy atom. The Balaban J connectivity index is 1.97. The van der Waals surface area contributed by atoms with Gasteiger partial charge in [-0.3, -0.25) is 4.18 Å². The van der Waals surface area contributed by atoms with Crippen LogP contribution in [0.4, 0.5) is 0 Å². The lowest BCUT2D eigenvalue weighted by Crippen LogP contribution is -2.22. The van der Waals surface area contributed by atoms with Crippen LogP contribution in [0.5, 0.6) is 0 Å². The van der Waals surface area contributed by atoms with E-state index in [4.69, 9.17) is 4.18 Å². The molecule has 3 nitrogen and oxygen atoms in total. The van der Waals surface area contributed by atoms with E-state index in [0.29, 0.717) is 0 Å². The number of rotatable bonds is 5. The van der Waals surface area contributed by atoms with Crippen molar-refractivity contribution in [1.82, 2.24) is 0 Å². The molecule has 1 aliphatic rings. The van der Waals surface area contributed by atoms with E-state index < -0.39 is 10.1 Å². The predicted octanol–water partition coefficient (Wildman–Crippen LogP) is 3.51. The van der Waals surface area contributed by atoms with Crippen LogP contribution >= 0.6 is 0 Å². The zero-order chi connectivity index (χ0) is 13.7. The molecule has 104 valence electrons. The maximum atomic E-state index is 12.0. The molecule has 1 aliphatic carbocycles. The first kappa shape index (κ1) is 14.3. The minimum Gasteiger partial charge on any atom is -0.267 e. The zero-order valence-corrected chi connectivity index (χ0v) is 11.9. The van der Waals surface area contributed by atoms with Gasteiger partial charge in [0.15, 0.2) is 0 Å². The van der Waals surface area contributed by atoms with E-state index in [1.54, 1.807) is 18.2 Å². The van der Waals surface area contributed by atoms with Crippen LogP contribution in [0.15, 0.2) is 30.8 Å². The Bertz CT molecular complexity index is 511. The summed E-state index contributed by atoms with van der Waals surface area (Å²) in [4.78, 5) is 0. The van der Waals surface area contributed by atoms with E-state index in [0.717, 1.165) is 36.8 Å². The van der Waals surface area contributed by atoms with Gasteiger partial charge >= 0.3 is 0 Å². The SMILES string of the molecule is C=Cc1ccc(CS(=O)(=O)OC2CCCCC2)cc1. The molecule has 0 aromatic heterocycles. The third kappa shape index (κ3) is 4.48. The third-order valence-electron chi connectivity index (χ3n) is 3.39. The maximum absolute atomic E-state index is 12.0. The summed E-state index contributed by atoms with van der Waals surface area (Å²) in [7, 11) is -3.48. The molecule has 0 atom stereocenters. The standard InChI is InChI=1S/C15H20O3S/c1-2-13-8-10-14(11-9-13)12-19(16,17)18-15-6-4-3-5-7-15/h2,8-11,15H,1,3-7,12H2. The average molecular weight is 280 g/mol. The van der Waals surface area contributed by atoms with Crippen molar-refractivity contribution in [2.75, 3.05) is 0 Å². The normalized spacial score (nSPS) is 17.3. The van der Waals surface area contributed by atoms with Gasteiger partial charge in [0.1, 0.15) is 5.75 Å². The fourth-order valence-electron chi connectivity index (χ4n) is 2.36. The molecule has 4 heteroatoms. The van der Waals surface area contributed by atoms with Gasteiger partial charge in [0.2, 0.25) is 0 Å². The van der Waals surface area contributed by atoms with E-state index >= 15 is 0 Å². The fourth-order valence-corrected chi connectivity index (χ4v) is 3.63. The van der Waals surface area contributed by atoms with Crippen LogP contribution in [0.2, 0.25) is 0 Å². The van der Waals surface area contributed by atoms with Crippen molar-refractivity contribution in [3.8, 4) is 0 Å². The smallest absolute Gasteiger partial charge is 0.267 e. The zero-order valence-electron chi connectivity index (χ0n) is 11.0. The summed E-state index contributed by atoms with van der Waals surface area (Å²) < 4.78 is 29.3. The quantitative estimate of drug-likeness (QED) is 0.775. The summed E-state index contributed by atoms with van der Waals surface area (Å²) in [5, 5.41) is 0. The number of hydrogen-bond donors (Lipinski definition) is 0. The molecule has 0 heterocycles. The lowest BCUT2D eigenvalue weighted by Gasteiger charge is -2.21. The Hall–Kier alpha value is -1.13. The van der Waals surface area contributed by atoms with E-state index in [-0.39, 0.29) is 11.9 Å². The summed E-state index contributed by atoms with van der Waals surface area (Å²) in [6.07, 6.45) is 6.64. The number of hydrogen-bond acceptors (Lipinski definition) is 3. The van der Waals surface area contributed by atoms with Crippen molar-refractivity contribution in [2.24, 2.45) is 0 Å². The summed E-state index contributed by atoms with van der Waals surface area (Å²) in [6, 6.07) is 7.33. The van der Waals surface area contributed by atoms with Crippen LogP contribution in [0.1, 0.15) is 43.2 Å². The molecule has 2 rings (SSSR count). The maximum Gasteiger partial charge on any atom is 0.271 e. The monoisotopic (exact) mass is 280 g/mol. The highest BCUT2D eigenvalue weighted by Crippen LogP contribution is 2.23. The van der Waals surface area contributed by atoms with Gasteiger partial charge in [0.05, 0.1) is 6.10 Å². The first-order valence-corrected chi connectivity index (χ1v) is 8.29. The van der Waals surface area contributed by atoms with Crippen molar-refractivity contribution < 1.29 is 12.6 Å². The minimum atomic E-state index is -3.48. The Morgan fingerprint density at radius 2 is 1.79 bits per heavy atom. The van der Waals surface area contributed by atoms with Crippen LogP contribution in [0.25, 0.3) is 6.08 Å². The van der Waals surface area contributed by atoms with Crippen molar-refractivity contribution in [2.45, 2.75) is 44.0 Å². The predicted molar refractivity (Wildman–Crippen MR) is 77.1 cm³/mol. The molecular formula is C15H20O3S. The second-order valence-corrected chi connectivity index (χ2v) is 6.60. The number of benzene rings is 1. The largest absolute Gasteiger partial charge is 0.271 e.